The number of phenols is 1. The van der Waals surface area contributed by atoms with Gasteiger partial charge >= 0.3 is 0 Å². The molecule has 0 atom stereocenters. The number of carbonyl (C=O) groups excluding carboxylic acids is 1. The number of aromatic amines is 2. The molecular formula is C22H18N6O2. The summed E-state index contributed by atoms with van der Waals surface area (Å²) in [5.41, 5.74) is 10.2. The second kappa shape index (κ2) is 6.93. The first-order chi connectivity index (χ1) is 14.6. The molecule has 8 heteroatoms. The Morgan fingerprint density at radius 3 is 2.90 bits per heavy atom. The van der Waals surface area contributed by atoms with Crippen molar-refractivity contribution >= 4 is 33.5 Å². The predicted molar refractivity (Wildman–Crippen MR) is 115 cm³/mol. The summed E-state index contributed by atoms with van der Waals surface area (Å²) in [6.45, 7) is 0.209. The van der Waals surface area contributed by atoms with Gasteiger partial charge in [0, 0.05) is 34.6 Å². The molecule has 0 spiro atoms. The number of rotatable bonds is 4. The molecule has 5 rings (SSSR count). The zero-order chi connectivity index (χ0) is 20.7. The van der Waals surface area contributed by atoms with Crippen molar-refractivity contribution in [3.8, 4) is 16.9 Å². The van der Waals surface area contributed by atoms with E-state index in [1.54, 1.807) is 36.7 Å². The minimum atomic E-state index is -0.268. The number of pyridine rings is 1. The molecule has 0 radical (unpaired) electrons. The molecule has 0 aliphatic heterocycles. The largest absolute Gasteiger partial charge is 0.508 e. The van der Waals surface area contributed by atoms with Crippen LogP contribution in [0.1, 0.15) is 15.9 Å². The molecular weight excluding hydrogens is 380 g/mol. The van der Waals surface area contributed by atoms with Gasteiger partial charge in [-0.15, -0.1) is 0 Å². The third kappa shape index (κ3) is 3.00. The molecule has 0 aliphatic rings. The second-order valence-corrected chi connectivity index (χ2v) is 7.03. The van der Waals surface area contributed by atoms with E-state index in [9.17, 15) is 9.90 Å². The zero-order valence-corrected chi connectivity index (χ0v) is 15.8. The lowest BCUT2D eigenvalue weighted by atomic mass is 10.00. The molecule has 0 saturated heterocycles. The summed E-state index contributed by atoms with van der Waals surface area (Å²) in [6.07, 6.45) is 5.24. The Morgan fingerprint density at radius 2 is 2.03 bits per heavy atom. The molecule has 0 saturated carbocycles. The molecule has 0 bridgehead atoms. The van der Waals surface area contributed by atoms with Gasteiger partial charge in [-0.1, -0.05) is 18.2 Å². The number of anilines is 1. The van der Waals surface area contributed by atoms with Crippen LogP contribution in [0.15, 0.2) is 61.1 Å². The Balaban J connectivity index is 1.55. The first-order valence-corrected chi connectivity index (χ1v) is 9.35. The van der Waals surface area contributed by atoms with Gasteiger partial charge in [-0.2, -0.15) is 5.10 Å². The van der Waals surface area contributed by atoms with E-state index in [4.69, 9.17) is 5.73 Å². The Hall–Kier alpha value is -4.33. The maximum absolute atomic E-state index is 13.0. The minimum absolute atomic E-state index is 0.142. The highest BCUT2D eigenvalue weighted by Gasteiger charge is 2.16. The van der Waals surface area contributed by atoms with E-state index in [2.05, 4.69) is 25.5 Å². The molecule has 148 valence electrons. The van der Waals surface area contributed by atoms with Gasteiger partial charge in [0.25, 0.3) is 5.91 Å². The number of amides is 1. The van der Waals surface area contributed by atoms with Crippen LogP contribution in [-0.4, -0.2) is 31.2 Å². The Morgan fingerprint density at radius 1 is 1.17 bits per heavy atom. The van der Waals surface area contributed by atoms with E-state index in [1.807, 2.05) is 24.4 Å². The van der Waals surface area contributed by atoms with Gasteiger partial charge in [0.05, 0.1) is 29.0 Å². The fourth-order valence-electron chi connectivity index (χ4n) is 3.60. The SMILES string of the molecule is Nc1cc2c(-c3cc(C(=O)NCc4ccccc4O)c4[nH]ncc4c3)c[nH]c2cn1. The van der Waals surface area contributed by atoms with Gasteiger partial charge < -0.3 is 21.1 Å². The summed E-state index contributed by atoms with van der Waals surface area (Å²) in [5.74, 6) is 0.298. The standard InChI is InChI=1S/C22H18N6O2/c23-20-7-15-17(10-24-18(15)11-25-20)13-5-14-9-27-28-21(14)16(6-13)22(30)26-8-12-3-1-2-4-19(12)29/h1-7,9-11,24,29H,8H2,(H2,23,25)(H,26,30)(H,27,28). The molecule has 2 aromatic carbocycles. The monoisotopic (exact) mass is 398 g/mol. The molecule has 0 fully saturated rings. The van der Waals surface area contributed by atoms with Crippen molar-refractivity contribution in [3.05, 3.63) is 72.2 Å². The Kier molecular flexibility index (Phi) is 4.10. The molecule has 1 amide bonds. The molecule has 3 aromatic heterocycles. The van der Waals surface area contributed by atoms with Gasteiger partial charge in [0.2, 0.25) is 0 Å². The smallest absolute Gasteiger partial charge is 0.253 e. The third-order valence-corrected chi connectivity index (χ3v) is 5.12. The average Bonchev–Trinajstić information content (AvgIpc) is 3.38. The van der Waals surface area contributed by atoms with Crippen molar-refractivity contribution in [2.24, 2.45) is 0 Å². The van der Waals surface area contributed by atoms with Crippen molar-refractivity contribution in [2.45, 2.75) is 6.54 Å². The lowest BCUT2D eigenvalue weighted by Crippen LogP contribution is -2.23. The molecule has 3 heterocycles. The van der Waals surface area contributed by atoms with E-state index < -0.39 is 0 Å². The number of fused-ring (bicyclic) bond motifs is 2. The summed E-state index contributed by atoms with van der Waals surface area (Å²) in [5, 5.41) is 21.5. The van der Waals surface area contributed by atoms with Crippen LogP contribution in [0.25, 0.3) is 32.9 Å². The fourth-order valence-corrected chi connectivity index (χ4v) is 3.60. The maximum Gasteiger partial charge on any atom is 0.253 e. The van der Waals surface area contributed by atoms with Crippen molar-refractivity contribution in [2.75, 3.05) is 5.73 Å². The second-order valence-electron chi connectivity index (χ2n) is 7.03. The predicted octanol–water partition coefficient (Wildman–Crippen LogP) is 3.32. The number of hydrogen-bond donors (Lipinski definition) is 5. The van der Waals surface area contributed by atoms with Gasteiger partial charge in [-0.25, -0.2) is 4.98 Å². The highest BCUT2D eigenvalue weighted by molar-refractivity contribution is 6.08. The first-order valence-electron chi connectivity index (χ1n) is 9.35. The van der Waals surface area contributed by atoms with Gasteiger partial charge in [0.1, 0.15) is 11.6 Å². The van der Waals surface area contributed by atoms with Gasteiger partial charge in [-0.05, 0) is 29.8 Å². The number of nitrogens with one attached hydrogen (secondary N) is 3. The number of nitrogen functional groups attached to an aromatic ring is 1. The molecule has 0 unspecified atom stereocenters. The molecule has 8 nitrogen and oxygen atoms in total. The highest BCUT2D eigenvalue weighted by Crippen LogP contribution is 2.32. The van der Waals surface area contributed by atoms with Crippen molar-refractivity contribution in [1.82, 2.24) is 25.5 Å². The average molecular weight is 398 g/mol. The first kappa shape index (κ1) is 17.7. The van der Waals surface area contributed by atoms with Gasteiger partial charge in [0.15, 0.2) is 0 Å². The quantitative estimate of drug-likeness (QED) is 0.317. The molecule has 0 aliphatic carbocycles. The number of hydrogen-bond acceptors (Lipinski definition) is 5. The van der Waals surface area contributed by atoms with E-state index >= 15 is 0 Å². The van der Waals surface area contributed by atoms with Crippen LogP contribution in [0, 0.1) is 0 Å². The summed E-state index contributed by atoms with van der Waals surface area (Å²) in [7, 11) is 0. The van der Waals surface area contributed by atoms with Crippen LogP contribution >= 0.6 is 0 Å². The van der Waals surface area contributed by atoms with Crippen molar-refractivity contribution in [3.63, 3.8) is 0 Å². The number of nitrogens with zero attached hydrogens (tertiary/aromatic N) is 2. The van der Waals surface area contributed by atoms with E-state index in [-0.39, 0.29) is 18.2 Å². The Labute approximate surface area is 170 Å². The van der Waals surface area contributed by atoms with Crippen LogP contribution < -0.4 is 11.1 Å². The number of phenolic OH excluding ortho intramolecular Hbond substituents is 1. The summed E-state index contributed by atoms with van der Waals surface area (Å²) in [4.78, 5) is 20.3. The van der Waals surface area contributed by atoms with E-state index in [0.29, 0.717) is 22.5 Å². The van der Waals surface area contributed by atoms with Crippen LogP contribution in [-0.2, 0) is 6.54 Å². The normalized spacial score (nSPS) is 11.2. The van der Waals surface area contributed by atoms with Gasteiger partial charge in [-0.3, -0.25) is 9.89 Å². The van der Waals surface area contributed by atoms with Crippen LogP contribution in [0.4, 0.5) is 5.82 Å². The fraction of sp³-hybridized carbons (Fsp3) is 0.0455. The van der Waals surface area contributed by atoms with Crippen molar-refractivity contribution in [1.29, 1.82) is 0 Å². The summed E-state index contributed by atoms with van der Waals surface area (Å²) < 4.78 is 0. The topological polar surface area (TPSA) is 133 Å². The number of H-pyrrole nitrogens is 2. The maximum atomic E-state index is 13.0. The molecule has 6 N–H and O–H groups in total. The Bertz CT molecular complexity index is 1400. The van der Waals surface area contributed by atoms with E-state index in [1.165, 1.54) is 0 Å². The van der Waals surface area contributed by atoms with E-state index in [0.717, 1.165) is 27.4 Å². The molecule has 30 heavy (non-hydrogen) atoms. The van der Waals surface area contributed by atoms with Crippen LogP contribution in [0.5, 0.6) is 5.75 Å². The lowest BCUT2D eigenvalue weighted by molar-refractivity contribution is 0.0952. The number of aromatic hydroxyl groups is 1. The third-order valence-electron chi connectivity index (χ3n) is 5.12. The number of carbonyl (C=O) groups is 1. The number of para-hydroxylation sites is 1. The minimum Gasteiger partial charge on any atom is -0.508 e. The summed E-state index contributed by atoms with van der Waals surface area (Å²) >= 11 is 0. The number of benzene rings is 2. The highest BCUT2D eigenvalue weighted by atomic mass is 16.3. The van der Waals surface area contributed by atoms with Crippen molar-refractivity contribution < 1.29 is 9.90 Å². The van der Waals surface area contributed by atoms with Crippen LogP contribution in [0.2, 0.25) is 0 Å². The van der Waals surface area contributed by atoms with Crippen LogP contribution in [0.3, 0.4) is 0 Å². The summed E-state index contributed by atoms with van der Waals surface area (Å²) in [6, 6.07) is 12.5. The zero-order valence-electron chi connectivity index (χ0n) is 15.8. The lowest BCUT2D eigenvalue weighted by Gasteiger charge is -2.10. The number of aromatic nitrogens is 4. The molecule has 5 aromatic rings. The number of nitrogens with two attached hydrogens (primary N) is 1.